The summed E-state index contributed by atoms with van der Waals surface area (Å²) in [7, 11) is 0. The van der Waals surface area contributed by atoms with Crippen molar-refractivity contribution in [1.82, 2.24) is 6.15 Å². The number of hydrogen-bond acceptors (Lipinski definition) is 3. The molecule has 0 radical (unpaired) electrons. The molecule has 2 saturated carbocycles. The van der Waals surface area contributed by atoms with Gasteiger partial charge in [0.05, 0.1) is 5.60 Å². The molecule has 2 aliphatic rings. The van der Waals surface area contributed by atoms with Gasteiger partial charge in [0.1, 0.15) is 0 Å². The number of rotatable bonds is 2. The van der Waals surface area contributed by atoms with Crippen LogP contribution in [0.5, 0.6) is 0 Å². The molecule has 0 aromatic carbocycles. The van der Waals surface area contributed by atoms with Crippen LogP contribution in [0, 0.1) is 22.7 Å². The zero-order valence-electron chi connectivity index (χ0n) is 13.7. The lowest BCUT2D eigenvalue weighted by molar-refractivity contribution is -0.311. The van der Waals surface area contributed by atoms with E-state index in [0.29, 0.717) is 12.3 Å². The Morgan fingerprint density at radius 3 is 2.35 bits per heavy atom. The van der Waals surface area contributed by atoms with Crippen molar-refractivity contribution < 1.29 is 15.0 Å². The molecule has 2 aliphatic carbocycles. The van der Waals surface area contributed by atoms with Crippen LogP contribution in [0.3, 0.4) is 0 Å². The van der Waals surface area contributed by atoms with Gasteiger partial charge in [0.2, 0.25) is 0 Å². The molecule has 0 aromatic rings. The quantitative estimate of drug-likeness (QED) is 0.815. The summed E-state index contributed by atoms with van der Waals surface area (Å²) >= 11 is 0. The Balaban J connectivity index is 0.00000200. The normalized spacial score (nSPS) is 43.2. The van der Waals surface area contributed by atoms with Crippen LogP contribution in [0.2, 0.25) is 0 Å². The van der Waals surface area contributed by atoms with Crippen molar-refractivity contribution in [3.8, 4) is 0 Å². The summed E-state index contributed by atoms with van der Waals surface area (Å²) in [6.07, 6.45) is 5.03. The fourth-order valence-corrected chi connectivity index (χ4v) is 5.24. The fourth-order valence-electron chi connectivity index (χ4n) is 5.24. The van der Waals surface area contributed by atoms with E-state index < -0.39 is 11.6 Å². The molecule has 4 atom stereocenters. The van der Waals surface area contributed by atoms with E-state index in [2.05, 4.69) is 20.8 Å². The molecule has 0 aromatic heterocycles. The molecular formula is C16H31NO3. The second kappa shape index (κ2) is 5.30. The highest BCUT2D eigenvalue weighted by molar-refractivity contribution is 5.65. The summed E-state index contributed by atoms with van der Waals surface area (Å²) < 4.78 is 0. The lowest BCUT2D eigenvalue weighted by Crippen LogP contribution is -2.58. The third-order valence-electron chi connectivity index (χ3n) is 6.13. The highest BCUT2D eigenvalue weighted by atomic mass is 16.4. The van der Waals surface area contributed by atoms with Gasteiger partial charge in [0.15, 0.2) is 0 Å². The van der Waals surface area contributed by atoms with Gasteiger partial charge < -0.3 is 21.2 Å². The Morgan fingerprint density at radius 1 is 1.20 bits per heavy atom. The summed E-state index contributed by atoms with van der Waals surface area (Å²) in [4.78, 5) is 11.1. The van der Waals surface area contributed by atoms with Crippen LogP contribution >= 0.6 is 0 Å². The van der Waals surface area contributed by atoms with Crippen molar-refractivity contribution in [2.24, 2.45) is 22.7 Å². The average molecular weight is 285 g/mol. The van der Waals surface area contributed by atoms with E-state index in [1.54, 1.807) is 0 Å². The molecule has 0 bridgehead atoms. The van der Waals surface area contributed by atoms with Crippen molar-refractivity contribution in [3.05, 3.63) is 0 Å². The van der Waals surface area contributed by atoms with Crippen molar-refractivity contribution in [3.63, 3.8) is 0 Å². The van der Waals surface area contributed by atoms with Crippen molar-refractivity contribution >= 4 is 5.97 Å². The molecule has 0 saturated heterocycles. The van der Waals surface area contributed by atoms with Crippen molar-refractivity contribution in [2.75, 3.05) is 0 Å². The first-order chi connectivity index (χ1) is 8.59. The van der Waals surface area contributed by atoms with Crippen molar-refractivity contribution in [1.29, 1.82) is 0 Å². The Kier molecular flexibility index (Phi) is 4.62. The number of carbonyl (C=O) groups excluding carboxylic acids is 1. The van der Waals surface area contributed by atoms with Crippen LogP contribution in [0.4, 0.5) is 0 Å². The average Bonchev–Trinajstić information content (AvgIpc) is 2.22. The van der Waals surface area contributed by atoms with Crippen LogP contribution in [-0.4, -0.2) is 16.7 Å². The minimum absolute atomic E-state index is 0. The highest BCUT2D eigenvalue weighted by Gasteiger charge is 2.57. The molecule has 0 heterocycles. The van der Waals surface area contributed by atoms with Crippen LogP contribution in [0.15, 0.2) is 0 Å². The van der Waals surface area contributed by atoms with E-state index in [-0.39, 0.29) is 29.3 Å². The summed E-state index contributed by atoms with van der Waals surface area (Å²) in [6.45, 7) is 8.60. The second-order valence-corrected chi connectivity index (χ2v) is 7.93. The third-order valence-corrected chi connectivity index (χ3v) is 6.13. The zero-order valence-corrected chi connectivity index (χ0v) is 13.7. The van der Waals surface area contributed by atoms with Gasteiger partial charge in [0, 0.05) is 5.97 Å². The number of carbonyl (C=O) groups is 1. The number of aliphatic carboxylic acids is 1. The minimum Gasteiger partial charge on any atom is -0.550 e. The molecule has 5 N–H and O–H groups in total. The van der Waals surface area contributed by atoms with Gasteiger partial charge in [-0.3, -0.25) is 0 Å². The fraction of sp³-hybridized carbons (Fsp3) is 0.938. The highest BCUT2D eigenvalue weighted by Crippen LogP contribution is 2.62. The molecular weight excluding hydrogens is 254 g/mol. The molecule has 0 amide bonds. The first-order valence-corrected chi connectivity index (χ1v) is 7.52. The van der Waals surface area contributed by atoms with E-state index in [1.165, 1.54) is 6.42 Å². The maximum atomic E-state index is 11.1. The van der Waals surface area contributed by atoms with Gasteiger partial charge in [0.25, 0.3) is 0 Å². The number of carboxylic acids is 1. The number of hydrogen-bond donors (Lipinski definition) is 2. The molecule has 0 aliphatic heterocycles. The minimum atomic E-state index is -1.03. The van der Waals surface area contributed by atoms with Crippen LogP contribution < -0.4 is 11.3 Å². The Morgan fingerprint density at radius 2 is 1.80 bits per heavy atom. The number of aliphatic hydroxyl groups is 1. The summed E-state index contributed by atoms with van der Waals surface area (Å²) in [5.41, 5.74) is -0.712. The molecule has 2 fully saturated rings. The molecule has 4 heteroatoms. The molecule has 0 unspecified atom stereocenters. The lowest BCUT2D eigenvalue weighted by atomic mass is 9.45. The predicted molar refractivity (Wildman–Crippen MR) is 78.2 cm³/mol. The monoisotopic (exact) mass is 285 g/mol. The topological polar surface area (TPSA) is 96.9 Å². The Bertz CT molecular complexity index is 378. The summed E-state index contributed by atoms with van der Waals surface area (Å²) in [6, 6.07) is 0. The summed E-state index contributed by atoms with van der Waals surface area (Å²) in [5, 5.41) is 21.8. The lowest BCUT2D eigenvalue weighted by Gasteiger charge is -2.61. The second-order valence-electron chi connectivity index (χ2n) is 7.93. The first kappa shape index (κ1) is 17.4. The first-order valence-electron chi connectivity index (χ1n) is 7.52. The van der Waals surface area contributed by atoms with E-state index in [9.17, 15) is 15.0 Å². The third kappa shape index (κ3) is 2.73. The molecule has 118 valence electrons. The van der Waals surface area contributed by atoms with Gasteiger partial charge in [-0.1, -0.05) is 27.2 Å². The molecule has 2 rings (SSSR count). The SMILES string of the molecule is CC1(C)CCC[C@]2(C)[C@@H](CC(=O)[O-])[C@](C)(O)CC[C@@H]12.[NH4+]. The van der Waals surface area contributed by atoms with Crippen LogP contribution in [0.25, 0.3) is 0 Å². The Labute approximate surface area is 122 Å². The van der Waals surface area contributed by atoms with E-state index in [4.69, 9.17) is 0 Å². The van der Waals surface area contributed by atoms with E-state index >= 15 is 0 Å². The number of carboxylic acid groups (broad SMARTS) is 1. The van der Waals surface area contributed by atoms with Gasteiger partial charge in [-0.2, -0.15) is 0 Å². The standard InChI is InChI=1S/C16H28O3.H3N/c1-14(2)7-5-8-15(3)11(14)6-9-16(4,19)12(15)10-13(17)18;/h11-12,19H,5-10H2,1-4H3,(H,17,18);1H3/t11-,12+,15-,16+;/m0./s1. The summed E-state index contributed by atoms with van der Waals surface area (Å²) in [5.74, 6) is -0.725. The molecule has 20 heavy (non-hydrogen) atoms. The number of fused-ring (bicyclic) bond motifs is 1. The number of quaternary nitrogens is 1. The van der Waals surface area contributed by atoms with Gasteiger partial charge >= 0.3 is 0 Å². The Hall–Kier alpha value is -0.610. The van der Waals surface area contributed by atoms with E-state index in [0.717, 1.165) is 19.3 Å². The zero-order chi connectivity index (χ0) is 14.5. The largest absolute Gasteiger partial charge is 0.550 e. The maximum Gasteiger partial charge on any atom is 0.0656 e. The van der Waals surface area contributed by atoms with Gasteiger partial charge in [-0.05, 0) is 61.7 Å². The van der Waals surface area contributed by atoms with Gasteiger partial charge in [-0.25, -0.2) is 0 Å². The van der Waals surface area contributed by atoms with E-state index in [1.807, 2.05) is 6.92 Å². The van der Waals surface area contributed by atoms with Crippen molar-refractivity contribution in [2.45, 2.75) is 71.8 Å². The van der Waals surface area contributed by atoms with Gasteiger partial charge in [-0.15, -0.1) is 0 Å². The maximum absolute atomic E-state index is 11.1. The predicted octanol–water partition coefficient (Wildman–Crippen LogP) is 2.50. The smallest absolute Gasteiger partial charge is 0.0656 e. The van der Waals surface area contributed by atoms with Crippen LogP contribution in [0.1, 0.15) is 66.2 Å². The van der Waals surface area contributed by atoms with Crippen LogP contribution in [-0.2, 0) is 4.79 Å². The molecule has 0 spiro atoms. The molecule has 4 nitrogen and oxygen atoms in total.